The summed E-state index contributed by atoms with van der Waals surface area (Å²) in [4.78, 5) is 0. The van der Waals surface area contributed by atoms with Crippen molar-refractivity contribution in [1.29, 1.82) is 0 Å². The van der Waals surface area contributed by atoms with Gasteiger partial charge in [-0.1, -0.05) is 48.9 Å². The second-order valence-electron chi connectivity index (χ2n) is 6.28. The summed E-state index contributed by atoms with van der Waals surface area (Å²) in [6.45, 7) is 7.66. The molecular formula is C17H21ClN6. The topological polar surface area (TPSA) is 68.5 Å². The van der Waals surface area contributed by atoms with Crippen molar-refractivity contribution in [3.63, 3.8) is 0 Å². The Hall–Kier alpha value is -2.21. The predicted molar refractivity (Wildman–Crippen MR) is 96.4 cm³/mol. The summed E-state index contributed by atoms with van der Waals surface area (Å²) >= 11 is 6.28. The van der Waals surface area contributed by atoms with Crippen molar-refractivity contribution in [3.05, 3.63) is 40.5 Å². The van der Waals surface area contributed by atoms with E-state index in [2.05, 4.69) is 39.7 Å². The van der Waals surface area contributed by atoms with Crippen molar-refractivity contribution < 1.29 is 0 Å². The molecule has 1 N–H and O–H groups in total. The number of fused-ring (bicyclic) bond motifs is 1. The van der Waals surface area contributed by atoms with Crippen LogP contribution in [-0.2, 0) is 6.54 Å². The Labute approximate surface area is 146 Å². The van der Waals surface area contributed by atoms with E-state index in [4.69, 9.17) is 11.6 Å². The van der Waals surface area contributed by atoms with Crippen molar-refractivity contribution in [1.82, 2.24) is 25.2 Å². The van der Waals surface area contributed by atoms with Gasteiger partial charge in [0.2, 0.25) is 0 Å². The third kappa shape index (κ3) is 3.48. The zero-order chi connectivity index (χ0) is 17.1. The molecule has 0 spiro atoms. The van der Waals surface area contributed by atoms with E-state index in [1.165, 1.54) is 0 Å². The van der Waals surface area contributed by atoms with Crippen LogP contribution in [-0.4, -0.2) is 31.7 Å². The molecular weight excluding hydrogens is 324 g/mol. The Morgan fingerprint density at radius 3 is 2.71 bits per heavy atom. The molecule has 126 valence electrons. The summed E-state index contributed by atoms with van der Waals surface area (Å²) in [5.74, 6) is 1.34. The van der Waals surface area contributed by atoms with Gasteiger partial charge in [0, 0.05) is 11.6 Å². The fourth-order valence-corrected chi connectivity index (χ4v) is 2.70. The molecule has 0 unspecified atom stereocenters. The second-order valence-corrected chi connectivity index (χ2v) is 6.69. The van der Waals surface area contributed by atoms with E-state index in [0.29, 0.717) is 23.3 Å². The largest absolute Gasteiger partial charge is 0.367 e. The van der Waals surface area contributed by atoms with Gasteiger partial charge in [0.05, 0.1) is 12.2 Å². The number of aryl methyl sites for hydroxylation is 1. The van der Waals surface area contributed by atoms with E-state index in [-0.39, 0.29) is 0 Å². The number of hydrogen-bond donors (Lipinski definition) is 1. The van der Waals surface area contributed by atoms with Crippen LogP contribution in [0.25, 0.3) is 11.0 Å². The van der Waals surface area contributed by atoms with Gasteiger partial charge in [-0.25, -0.2) is 4.68 Å². The first-order valence-electron chi connectivity index (χ1n) is 8.10. The summed E-state index contributed by atoms with van der Waals surface area (Å²) in [6.07, 6.45) is 1.06. The molecule has 0 aliphatic heterocycles. The van der Waals surface area contributed by atoms with Crippen LogP contribution in [0.1, 0.15) is 31.5 Å². The average molecular weight is 345 g/mol. The number of anilines is 1. The maximum Gasteiger partial charge on any atom is 0.176 e. The van der Waals surface area contributed by atoms with Crippen LogP contribution in [0, 0.1) is 12.8 Å². The molecule has 24 heavy (non-hydrogen) atoms. The predicted octanol–water partition coefficient (Wildman–Crippen LogP) is 3.69. The number of nitrogens with one attached hydrogen (secondary N) is 1. The van der Waals surface area contributed by atoms with Crippen molar-refractivity contribution >= 4 is 28.5 Å². The molecule has 1 aromatic carbocycles. The van der Waals surface area contributed by atoms with E-state index in [0.717, 1.165) is 35.3 Å². The standard InChI is InChI=1S/C17H21ClN6/c1-11(2)8-9-19-17-16-15(12(3)20-22-17)21-23-24(16)10-13-6-4-5-7-14(13)18/h4-7,11H,8-10H2,1-3H3,(H,19,22). The Morgan fingerprint density at radius 1 is 1.17 bits per heavy atom. The molecule has 7 heteroatoms. The molecule has 2 aromatic heterocycles. The molecule has 0 amide bonds. The lowest BCUT2D eigenvalue weighted by Gasteiger charge is -2.10. The number of rotatable bonds is 6. The monoisotopic (exact) mass is 344 g/mol. The SMILES string of the molecule is Cc1nnc(NCCC(C)C)c2c1nnn2Cc1ccccc1Cl. The summed E-state index contributed by atoms with van der Waals surface area (Å²) < 4.78 is 1.83. The van der Waals surface area contributed by atoms with Gasteiger partial charge in [-0.05, 0) is 30.9 Å². The number of aromatic nitrogens is 5. The van der Waals surface area contributed by atoms with E-state index in [1.807, 2.05) is 35.9 Å². The highest BCUT2D eigenvalue weighted by atomic mass is 35.5. The molecule has 0 fully saturated rings. The van der Waals surface area contributed by atoms with Crippen LogP contribution in [0.15, 0.2) is 24.3 Å². The second kappa shape index (κ2) is 7.13. The number of hydrogen-bond acceptors (Lipinski definition) is 5. The molecule has 0 radical (unpaired) electrons. The van der Waals surface area contributed by atoms with Crippen molar-refractivity contribution in [3.8, 4) is 0 Å². The van der Waals surface area contributed by atoms with Gasteiger partial charge in [0.15, 0.2) is 5.82 Å². The highest BCUT2D eigenvalue weighted by Crippen LogP contribution is 2.23. The quantitative estimate of drug-likeness (QED) is 0.738. The molecule has 0 aliphatic rings. The van der Waals surface area contributed by atoms with Crippen molar-refractivity contribution in [2.45, 2.75) is 33.7 Å². The molecule has 2 heterocycles. The normalized spacial score (nSPS) is 11.4. The number of halogens is 1. The van der Waals surface area contributed by atoms with Crippen molar-refractivity contribution in [2.75, 3.05) is 11.9 Å². The third-order valence-corrected chi connectivity index (χ3v) is 4.26. The Morgan fingerprint density at radius 2 is 1.96 bits per heavy atom. The van der Waals surface area contributed by atoms with Gasteiger partial charge in [-0.15, -0.1) is 10.2 Å². The molecule has 0 saturated carbocycles. The molecule has 0 bridgehead atoms. The van der Waals surface area contributed by atoms with Crippen LogP contribution in [0.5, 0.6) is 0 Å². The highest BCUT2D eigenvalue weighted by Gasteiger charge is 2.15. The highest BCUT2D eigenvalue weighted by molar-refractivity contribution is 6.31. The fourth-order valence-electron chi connectivity index (χ4n) is 2.51. The lowest BCUT2D eigenvalue weighted by Crippen LogP contribution is -2.10. The Kier molecular flexibility index (Phi) is 4.94. The molecule has 0 aliphatic carbocycles. The Balaban J connectivity index is 1.96. The minimum atomic E-state index is 0.542. The van der Waals surface area contributed by atoms with Gasteiger partial charge in [-0.3, -0.25) is 0 Å². The number of nitrogens with zero attached hydrogens (tertiary/aromatic N) is 5. The minimum absolute atomic E-state index is 0.542. The van der Waals surface area contributed by atoms with E-state index in [9.17, 15) is 0 Å². The lowest BCUT2D eigenvalue weighted by atomic mass is 10.1. The first-order chi connectivity index (χ1) is 11.6. The lowest BCUT2D eigenvalue weighted by molar-refractivity contribution is 0.606. The zero-order valence-corrected chi connectivity index (χ0v) is 14.9. The zero-order valence-electron chi connectivity index (χ0n) is 14.1. The molecule has 0 saturated heterocycles. The van der Waals surface area contributed by atoms with E-state index < -0.39 is 0 Å². The fraction of sp³-hybridized carbons (Fsp3) is 0.412. The molecule has 6 nitrogen and oxygen atoms in total. The van der Waals surface area contributed by atoms with Gasteiger partial charge in [-0.2, -0.15) is 5.10 Å². The summed E-state index contributed by atoms with van der Waals surface area (Å²) in [7, 11) is 0. The minimum Gasteiger partial charge on any atom is -0.367 e. The van der Waals surface area contributed by atoms with Crippen LogP contribution < -0.4 is 5.32 Å². The molecule has 3 aromatic rings. The van der Waals surface area contributed by atoms with Gasteiger partial charge in [0.25, 0.3) is 0 Å². The summed E-state index contributed by atoms with van der Waals surface area (Å²) in [6, 6.07) is 7.75. The van der Waals surface area contributed by atoms with Crippen LogP contribution >= 0.6 is 11.6 Å². The van der Waals surface area contributed by atoms with Gasteiger partial charge < -0.3 is 5.32 Å². The summed E-state index contributed by atoms with van der Waals surface area (Å²) in [5.41, 5.74) is 3.40. The smallest absolute Gasteiger partial charge is 0.176 e. The van der Waals surface area contributed by atoms with Crippen molar-refractivity contribution in [2.24, 2.45) is 5.92 Å². The van der Waals surface area contributed by atoms with Crippen LogP contribution in [0.3, 0.4) is 0 Å². The first kappa shape index (κ1) is 16.6. The average Bonchev–Trinajstić information content (AvgIpc) is 2.96. The van der Waals surface area contributed by atoms with Crippen LogP contribution in [0.2, 0.25) is 5.02 Å². The maximum absolute atomic E-state index is 6.28. The van der Waals surface area contributed by atoms with Crippen LogP contribution in [0.4, 0.5) is 5.82 Å². The number of benzene rings is 1. The molecule has 0 atom stereocenters. The van der Waals surface area contributed by atoms with E-state index >= 15 is 0 Å². The first-order valence-corrected chi connectivity index (χ1v) is 8.48. The maximum atomic E-state index is 6.28. The van der Waals surface area contributed by atoms with Gasteiger partial charge in [0.1, 0.15) is 11.0 Å². The van der Waals surface area contributed by atoms with E-state index in [1.54, 1.807) is 0 Å². The third-order valence-electron chi connectivity index (χ3n) is 3.89. The summed E-state index contributed by atoms with van der Waals surface area (Å²) in [5, 5.41) is 21.1. The molecule has 3 rings (SSSR count). The Bertz CT molecular complexity index is 842. The van der Waals surface area contributed by atoms with Gasteiger partial charge >= 0.3 is 0 Å².